The molecule has 1 aliphatic rings. The van der Waals surface area contributed by atoms with E-state index in [2.05, 4.69) is 15.1 Å². The van der Waals surface area contributed by atoms with E-state index in [0.29, 0.717) is 22.4 Å². The molecule has 0 amide bonds. The minimum atomic E-state index is 0.0486. The molecule has 0 spiro atoms. The molecule has 7 heteroatoms. The van der Waals surface area contributed by atoms with Crippen molar-refractivity contribution in [1.29, 1.82) is 0 Å². The van der Waals surface area contributed by atoms with Crippen LogP contribution in [0, 0.1) is 6.92 Å². The van der Waals surface area contributed by atoms with Gasteiger partial charge in [0.05, 0.1) is 16.6 Å². The summed E-state index contributed by atoms with van der Waals surface area (Å²) in [6.07, 6.45) is 11.0. The second-order valence-electron chi connectivity index (χ2n) is 6.44. The average molecular weight is 343 g/mol. The van der Waals surface area contributed by atoms with Crippen molar-refractivity contribution in [2.75, 3.05) is 6.26 Å². The minimum absolute atomic E-state index is 0.0486. The number of pyridine rings is 1. The van der Waals surface area contributed by atoms with E-state index in [4.69, 9.17) is 0 Å². The lowest BCUT2D eigenvalue weighted by Crippen LogP contribution is -2.25. The van der Waals surface area contributed by atoms with Crippen molar-refractivity contribution in [2.45, 2.75) is 56.6 Å². The number of hydrogen-bond donors (Lipinski definition) is 0. The Bertz CT molecular complexity index is 953. The van der Waals surface area contributed by atoms with E-state index in [9.17, 15) is 4.79 Å². The van der Waals surface area contributed by atoms with Gasteiger partial charge in [0, 0.05) is 12.2 Å². The second kappa shape index (κ2) is 6.20. The van der Waals surface area contributed by atoms with Crippen molar-refractivity contribution >= 4 is 28.4 Å². The van der Waals surface area contributed by atoms with Gasteiger partial charge in [-0.05, 0) is 32.1 Å². The zero-order valence-electron chi connectivity index (χ0n) is 14.0. The number of rotatable bonds is 2. The quantitative estimate of drug-likeness (QED) is 0.527. The topological polar surface area (TPSA) is 65.1 Å². The predicted octanol–water partition coefficient (Wildman–Crippen LogP) is 3.36. The molecule has 0 aliphatic heterocycles. The molecule has 0 N–H and O–H groups in total. The van der Waals surface area contributed by atoms with Gasteiger partial charge in [0.2, 0.25) is 5.16 Å². The van der Waals surface area contributed by atoms with E-state index in [0.717, 1.165) is 24.1 Å². The molecule has 24 heavy (non-hydrogen) atoms. The first-order valence-electron chi connectivity index (χ1n) is 8.51. The van der Waals surface area contributed by atoms with Crippen molar-refractivity contribution < 1.29 is 0 Å². The summed E-state index contributed by atoms with van der Waals surface area (Å²) in [6, 6.07) is 2.29. The van der Waals surface area contributed by atoms with Gasteiger partial charge in [0.1, 0.15) is 0 Å². The highest BCUT2D eigenvalue weighted by Gasteiger charge is 2.19. The number of fused-ring (bicyclic) bond motifs is 3. The molecular formula is C17H21N5OS. The van der Waals surface area contributed by atoms with Gasteiger partial charge < -0.3 is 4.57 Å². The highest BCUT2D eigenvalue weighted by atomic mass is 32.2. The van der Waals surface area contributed by atoms with Gasteiger partial charge >= 0.3 is 0 Å². The molecule has 6 nitrogen and oxygen atoms in total. The van der Waals surface area contributed by atoms with Crippen LogP contribution in [0.4, 0.5) is 0 Å². The Balaban J connectivity index is 1.93. The van der Waals surface area contributed by atoms with Crippen LogP contribution in [0.2, 0.25) is 0 Å². The molecule has 0 saturated heterocycles. The lowest BCUT2D eigenvalue weighted by molar-refractivity contribution is 0.434. The minimum Gasteiger partial charge on any atom is -0.312 e. The number of aromatic nitrogens is 5. The van der Waals surface area contributed by atoms with Gasteiger partial charge in [-0.25, -0.2) is 4.98 Å². The third-order valence-electron chi connectivity index (χ3n) is 4.93. The fourth-order valence-corrected chi connectivity index (χ4v) is 4.03. The van der Waals surface area contributed by atoms with E-state index in [1.54, 1.807) is 4.52 Å². The Morgan fingerprint density at radius 2 is 1.92 bits per heavy atom. The molecule has 0 unspecified atom stereocenters. The van der Waals surface area contributed by atoms with Crippen LogP contribution in [0.5, 0.6) is 0 Å². The maximum atomic E-state index is 13.1. The first-order valence-corrected chi connectivity index (χ1v) is 9.73. The van der Waals surface area contributed by atoms with Crippen LogP contribution in [0.25, 0.3) is 16.7 Å². The van der Waals surface area contributed by atoms with Gasteiger partial charge in [0.15, 0.2) is 0 Å². The molecule has 0 aromatic carbocycles. The summed E-state index contributed by atoms with van der Waals surface area (Å²) < 4.78 is 3.60. The molecule has 3 aromatic heterocycles. The molecule has 1 aliphatic carbocycles. The monoisotopic (exact) mass is 343 g/mol. The highest BCUT2D eigenvalue weighted by molar-refractivity contribution is 7.98. The lowest BCUT2D eigenvalue weighted by atomic mass is 10.1. The largest absolute Gasteiger partial charge is 0.312 e. The Morgan fingerprint density at radius 1 is 1.17 bits per heavy atom. The second-order valence-corrected chi connectivity index (χ2v) is 7.21. The van der Waals surface area contributed by atoms with Crippen molar-refractivity contribution in [1.82, 2.24) is 24.1 Å². The van der Waals surface area contributed by atoms with Crippen LogP contribution in [0.1, 0.15) is 50.3 Å². The number of aryl methyl sites for hydroxylation is 1. The summed E-state index contributed by atoms with van der Waals surface area (Å²) in [6.45, 7) is 1.88. The molecular weight excluding hydrogens is 322 g/mol. The maximum absolute atomic E-state index is 13.1. The summed E-state index contributed by atoms with van der Waals surface area (Å²) >= 11 is 1.47. The van der Waals surface area contributed by atoms with E-state index in [1.807, 2.05) is 30.0 Å². The Hall–Kier alpha value is -1.89. The fourth-order valence-electron chi connectivity index (χ4n) is 3.69. The zero-order chi connectivity index (χ0) is 16.7. The molecule has 0 radical (unpaired) electrons. The number of nitrogens with zero attached hydrogens (tertiary/aromatic N) is 5. The Morgan fingerprint density at radius 3 is 2.62 bits per heavy atom. The molecule has 3 aromatic rings. The Kier molecular flexibility index (Phi) is 4.04. The molecule has 3 heterocycles. The molecule has 0 atom stereocenters. The molecule has 1 saturated carbocycles. The standard InChI is InChI=1S/C17H21N5OS/c1-11-14-13(22-16(18-11)19-17(20-22)24-2)9-10-21(15(14)23)12-7-5-3-4-6-8-12/h9-10,12H,3-8H2,1-2H3. The third kappa shape index (κ3) is 2.51. The highest BCUT2D eigenvalue weighted by Crippen LogP contribution is 2.27. The predicted molar refractivity (Wildman–Crippen MR) is 95.8 cm³/mol. The molecule has 0 bridgehead atoms. The van der Waals surface area contributed by atoms with Gasteiger partial charge in [-0.3, -0.25) is 4.79 Å². The van der Waals surface area contributed by atoms with E-state index in [1.165, 1.54) is 37.4 Å². The van der Waals surface area contributed by atoms with Gasteiger partial charge in [-0.15, -0.1) is 5.10 Å². The molecule has 4 rings (SSSR count). The van der Waals surface area contributed by atoms with E-state index < -0.39 is 0 Å². The fraction of sp³-hybridized carbons (Fsp3) is 0.529. The maximum Gasteiger partial charge on any atom is 0.262 e. The summed E-state index contributed by atoms with van der Waals surface area (Å²) in [5, 5.41) is 5.78. The first kappa shape index (κ1) is 15.6. The van der Waals surface area contributed by atoms with E-state index in [-0.39, 0.29) is 5.56 Å². The normalized spacial score (nSPS) is 16.8. The van der Waals surface area contributed by atoms with Gasteiger partial charge in [-0.2, -0.15) is 9.50 Å². The lowest BCUT2D eigenvalue weighted by Gasteiger charge is -2.18. The van der Waals surface area contributed by atoms with Gasteiger partial charge in [-0.1, -0.05) is 37.4 Å². The van der Waals surface area contributed by atoms with Crippen LogP contribution < -0.4 is 5.56 Å². The summed E-state index contributed by atoms with van der Waals surface area (Å²) in [5.74, 6) is 0.552. The summed E-state index contributed by atoms with van der Waals surface area (Å²) in [5.41, 5.74) is 1.57. The smallest absolute Gasteiger partial charge is 0.262 e. The van der Waals surface area contributed by atoms with Crippen molar-refractivity contribution in [3.05, 3.63) is 28.3 Å². The summed E-state index contributed by atoms with van der Waals surface area (Å²) in [4.78, 5) is 22.0. The van der Waals surface area contributed by atoms with Crippen molar-refractivity contribution in [3.8, 4) is 0 Å². The molecule has 126 valence electrons. The van der Waals surface area contributed by atoms with Crippen molar-refractivity contribution in [3.63, 3.8) is 0 Å². The average Bonchev–Trinajstić information content (AvgIpc) is 2.80. The van der Waals surface area contributed by atoms with Gasteiger partial charge in [0.25, 0.3) is 11.3 Å². The zero-order valence-corrected chi connectivity index (χ0v) is 14.8. The van der Waals surface area contributed by atoms with Crippen LogP contribution in [0.15, 0.2) is 22.2 Å². The number of thioether (sulfide) groups is 1. The van der Waals surface area contributed by atoms with Crippen molar-refractivity contribution in [2.24, 2.45) is 0 Å². The van der Waals surface area contributed by atoms with Crippen LogP contribution >= 0.6 is 11.8 Å². The first-order chi connectivity index (χ1) is 11.7. The van der Waals surface area contributed by atoms with Crippen LogP contribution in [-0.2, 0) is 0 Å². The van der Waals surface area contributed by atoms with Crippen LogP contribution in [-0.4, -0.2) is 30.4 Å². The summed E-state index contributed by atoms with van der Waals surface area (Å²) in [7, 11) is 0. The Labute approximate surface area is 144 Å². The number of hydrogen-bond acceptors (Lipinski definition) is 5. The third-order valence-corrected chi connectivity index (χ3v) is 5.46. The van der Waals surface area contributed by atoms with Crippen LogP contribution in [0.3, 0.4) is 0 Å². The van der Waals surface area contributed by atoms with E-state index >= 15 is 0 Å². The molecule has 1 fully saturated rings. The SMILES string of the molecule is CSc1nc2nc(C)c3c(=O)n(C4CCCCCC4)ccc3n2n1.